The molecule has 0 aromatic heterocycles. The van der Waals surface area contributed by atoms with Crippen molar-refractivity contribution in [1.29, 1.82) is 0 Å². The monoisotopic (exact) mass is 479 g/mol. The fourth-order valence-electron chi connectivity index (χ4n) is 2.70. The average molecular weight is 480 g/mol. The smallest absolute Gasteiger partial charge is 0.323 e. The molecule has 0 radical (unpaired) electrons. The molecule has 0 amide bonds. The predicted octanol–water partition coefficient (Wildman–Crippen LogP) is 3.22. The number of carbonyl (C=O) groups excluding carboxylic acids is 4. The van der Waals surface area contributed by atoms with E-state index in [4.69, 9.17) is 18.9 Å². The lowest BCUT2D eigenvalue weighted by atomic mass is 10.0. The van der Waals surface area contributed by atoms with Crippen LogP contribution in [0.25, 0.3) is 0 Å². The first kappa shape index (κ1) is 29.1. The first-order valence-electron chi connectivity index (χ1n) is 11.6. The van der Waals surface area contributed by atoms with Crippen LogP contribution in [-0.2, 0) is 35.1 Å². The van der Waals surface area contributed by atoms with Gasteiger partial charge in [0.2, 0.25) is 0 Å². The molecule has 0 heterocycles. The van der Waals surface area contributed by atoms with Crippen molar-refractivity contribution in [2.75, 3.05) is 20.3 Å². The summed E-state index contributed by atoms with van der Waals surface area (Å²) in [4.78, 5) is 48.1. The van der Waals surface area contributed by atoms with E-state index < -0.39 is 23.9 Å². The van der Waals surface area contributed by atoms with Gasteiger partial charge in [-0.25, -0.2) is 0 Å². The van der Waals surface area contributed by atoms with E-state index in [9.17, 15) is 19.2 Å². The molecule has 0 saturated carbocycles. The highest BCUT2D eigenvalue weighted by Crippen LogP contribution is 2.30. The fourth-order valence-corrected chi connectivity index (χ4v) is 2.70. The summed E-state index contributed by atoms with van der Waals surface area (Å²) < 4.78 is 20.9. The number of unbranched alkanes of at least 4 members (excludes halogenated alkanes) is 1. The molecule has 0 aliphatic carbocycles. The summed E-state index contributed by atoms with van der Waals surface area (Å²) >= 11 is 0. The third-order valence-corrected chi connectivity index (χ3v) is 4.79. The number of hydrogen-bond donors (Lipinski definition) is 1. The van der Waals surface area contributed by atoms with Crippen molar-refractivity contribution >= 4 is 23.9 Å². The highest BCUT2D eigenvalue weighted by Gasteiger charge is 2.22. The van der Waals surface area contributed by atoms with Crippen LogP contribution in [0.5, 0.6) is 11.5 Å². The zero-order chi connectivity index (χ0) is 25.7. The van der Waals surface area contributed by atoms with Crippen molar-refractivity contribution in [3.05, 3.63) is 23.8 Å². The lowest BCUT2D eigenvalue weighted by Gasteiger charge is -2.18. The van der Waals surface area contributed by atoms with Gasteiger partial charge in [-0.05, 0) is 30.5 Å². The Labute approximate surface area is 201 Å². The lowest BCUT2D eigenvalue weighted by Crippen LogP contribution is -2.41. The van der Waals surface area contributed by atoms with Crippen LogP contribution < -0.4 is 14.8 Å². The van der Waals surface area contributed by atoms with Crippen LogP contribution in [0.1, 0.15) is 59.4 Å². The second kappa shape index (κ2) is 15.1. The molecule has 0 saturated heterocycles. The van der Waals surface area contributed by atoms with Crippen molar-refractivity contribution in [2.24, 2.45) is 11.8 Å². The zero-order valence-electron chi connectivity index (χ0n) is 21.0. The molecule has 9 nitrogen and oxygen atoms in total. The Morgan fingerprint density at radius 3 is 2.09 bits per heavy atom. The zero-order valence-corrected chi connectivity index (χ0v) is 21.0. The third-order valence-electron chi connectivity index (χ3n) is 4.79. The van der Waals surface area contributed by atoms with E-state index in [2.05, 4.69) is 5.32 Å². The number of nitrogens with one attached hydrogen (secondary N) is 1. The van der Waals surface area contributed by atoms with Crippen LogP contribution in [0.2, 0.25) is 0 Å². The van der Waals surface area contributed by atoms with Gasteiger partial charge in [0.15, 0.2) is 11.5 Å². The quantitative estimate of drug-likeness (QED) is 0.244. The molecule has 1 atom stereocenters. The highest BCUT2D eigenvalue weighted by molar-refractivity contribution is 5.78. The number of ether oxygens (including phenoxy) is 4. The van der Waals surface area contributed by atoms with Crippen molar-refractivity contribution in [3.8, 4) is 11.5 Å². The first-order chi connectivity index (χ1) is 16.1. The van der Waals surface area contributed by atoms with E-state index in [0.29, 0.717) is 12.0 Å². The molecule has 1 aromatic carbocycles. The van der Waals surface area contributed by atoms with E-state index in [-0.39, 0.29) is 48.9 Å². The first-order valence-corrected chi connectivity index (χ1v) is 11.6. The molecular weight excluding hydrogens is 442 g/mol. The van der Waals surface area contributed by atoms with E-state index in [1.165, 1.54) is 13.2 Å². The summed E-state index contributed by atoms with van der Waals surface area (Å²) in [6, 6.07) is 4.04. The van der Waals surface area contributed by atoms with Gasteiger partial charge in [-0.3, -0.25) is 19.2 Å². The van der Waals surface area contributed by atoms with Gasteiger partial charge in [-0.15, -0.1) is 0 Å². The predicted molar refractivity (Wildman–Crippen MR) is 125 cm³/mol. The Morgan fingerprint density at radius 1 is 0.912 bits per heavy atom. The van der Waals surface area contributed by atoms with Crippen LogP contribution in [0, 0.1) is 11.8 Å². The Morgan fingerprint density at radius 2 is 1.53 bits per heavy atom. The maximum Gasteiger partial charge on any atom is 0.323 e. The Balaban J connectivity index is 2.95. The van der Waals surface area contributed by atoms with Crippen LogP contribution in [0.15, 0.2) is 18.2 Å². The maximum atomic E-state index is 12.3. The third kappa shape index (κ3) is 10.3. The average Bonchev–Trinajstić information content (AvgIpc) is 2.80. The molecule has 0 spiro atoms. The van der Waals surface area contributed by atoms with Gasteiger partial charge in [-0.2, -0.15) is 0 Å². The molecule has 190 valence electrons. The second-order valence-corrected chi connectivity index (χ2v) is 8.49. The summed E-state index contributed by atoms with van der Waals surface area (Å²) in [5.74, 6) is -2.24. The van der Waals surface area contributed by atoms with E-state index in [1.54, 1.807) is 39.8 Å². The summed E-state index contributed by atoms with van der Waals surface area (Å²) in [5, 5.41) is 3.03. The summed E-state index contributed by atoms with van der Waals surface area (Å²) in [6.07, 6.45) is 2.24. The number of rotatable bonds is 14. The molecule has 1 aromatic rings. The largest absolute Gasteiger partial charge is 0.468 e. The minimum absolute atomic E-state index is 0.0960. The van der Waals surface area contributed by atoms with Crippen molar-refractivity contribution in [3.63, 3.8) is 0 Å². The summed E-state index contributed by atoms with van der Waals surface area (Å²) in [7, 11) is 1.28. The Kier molecular flexibility index (Phi) is 12.9. The molecule has 34 heavy (non-hydrogen) atoms. The van der Waals surface area contributed by atoms with Crippen molar-refractivity contribution in [2.45, 2.75) is 66.3 Å². The molecule has 0 bridgehead atoms. The second-order valence-electron chi connectivity index (χ2n) is 8.49. The number of carbonyl (C=O) groups is 4. The number of esters is 4. The van der Waals surface area contributed by atoms with Crippen molar-refractivity contribution < 1.29 is 38.1 Å². The SMILES string of the molecule is CCCCC(=O)OCCN[C@@H](Cc1ccc(OC(=O)C(C)C)c(OC(=O)C(C)C)c1)C(=O)OC. The summed E-state index contributed by atoms with van der Waals surface area (Å²) in [6.45, 7) is 9.16. The van der Waals surface area contributed by atoms with Crippen LogP contribution >= 0.6 is 0 Å². The van der Waals surface area contributed by atoms with Crippen molar-refractivity contribution in [1.82, 2.24) is 5.32 Å². The molecule has 1 rings (SSSR count). The highest BCUT2D eigenvalue weighted by atomic mass is 16.6. The van der Waals surface area contributed by atoms with E-state index in [1.807, 2.05) is 6.92 Å². The molecule has 0 aliphatic heterocycles. The number of methoxy groups -OCH3 is 1. The van der Waals surface area contributed by atoms with Gasteiger partial charge in [0.05, 0.1) is 18.9 Å². The Bertz CT molecular complexity index is 834. The maximum absolute atomic E-state index is 12.3. The van der Waals surface area contributed by atoms with Gasteiger partial charge in [0.25, 0.3) is 0 Å². The number of benzene rings is 1. The van der Waals surface area contributed by atoms with E-state index in [0.717, 1.165) is 12.8 Å². The van der Waals surface area contributed by atoms with Gasteiger partial charge in [-0.1, -0.05) is 47.1 Å². The molecule has 0 fully saturated rings. The summed E-state index contributed by atoms with van der Waals surface area (Å²) in [5.41, 5.74) is 0.652. The number of hydrogen-bond acceptors (Lipinski definition) is 9. The molecule has 1 N–H and O–H groups in total. The van der Waals surface area contributed by atoms with Gasteiger partial charge < -0.3 is 24.3 Å². The molecular formula is C25H37NO8. The minimum Gasteiger partial charge on any atom is -0.468 e. The van der Waals surface area contributed by atoms with E-state index >= 15 is 0 Å². The Hall–Kier alpha value is -2.94. The standard InChI is InChI=1S/C25H37NO8/c1-7-8-9-22(27)32-13-12-26-19(25(30)31-6)14-18-10-11-20(33-23(28)16(2)3)21(15-18)34-24(29)17(4)5/h10-11,15-17,19,26H,7-9,12-14H2,1-6H3/t19-/m0/s1. The lowest BCUT2D eigenvalue weighted by molar-refractivity contribution is -0.144. The normalized spacial score (nSPS) is 11.8. The minimum atomic E-state index is -0.725. The topological polar surface area (TPSA) is 117 Å². The van der Waals surface area contributed by atoms with Gasteiger partial charge >= 0.3 is 23.9 Å². The van der Waals surface area contributed by atoms with Gasteiger partial charge in [0.1, 0.15) is 12.6 Å². The van der Waals surface area contributed by atoms with Gasteiger partial charge in [0, 0.05) is 13.0 Å². The van der Waals surface area contributed by atoms with Crippen LogP contribution in [0.3, 0.4) is 0 Å². The fraction of sp³-hybridized carbons (Fsp3) is 0.600. The molecule has 0 aliphatic rings. The van der Waals surface area contributed by atoms with Crippen LogP contribution in [0.4, 0.5) is 0 Å². The molecule has 0 unspecified atom stereocenters. The van der Waals surface area contributed by atoms with Crippen LogP contribution in [-0.4, -0.2) is 50.2 Å². The molecule has 9 heteroatoms.